The van der Waals surface area contributed by atoms with Crippen LogP contribution in [0.2, 0.25) is 0 Å². The molecule has 0 N–H and O–H groups in total. The fourth-order valence-electron chi connectivity index (χ4n) is 5.82. The summed E-state index contributed by atoms with van der Waals surface area (Å²) in [4.78, 5) is 15.7. The van der Waals surface area contributed by atoms with E-state index in [1.807, 2.05) is 54.7 Å². The molecule has 1 saturated heterocycles. The van der Waals surface area contributed by atoms with Gasteiger partial charge in [-0.25, -0.2) is 4.68 Å². The highest BCUT2D eigenvalue weighted by atomic mass is 16.5. The Labute approximate surface area is 240 Å². The van der Waals surface area contributed by atoms with Gasteiger partial charge in [-0.3, -0.25) is 9.69 Å². The Balaban J connectivity index is 1.37. The molecule has 0 unspecified atom stereocenters. The molecule has 204 valence electrons. The van der Waals surface area contributed by atoms with Crippen molar-refractivity contribution in [2.24, 2.45) is 0 Å². The molecule has 0 radical (unpaired) electrons. The van der Waals surface area contributed by atoms with Gasteiger partial charge in [-0.1, -0.05) is 108 Å². The largest absolute Gasteiger partial charge is 0.497 e. The molecule has 1 fully saturated rings. The number of methoxy groups -OCH3 is 1. The van der Waals surface area contributed by atoms with Gasteiger partial charge in [0.25, 0.3) is 0 Å². The van der Waals surface area contributed by atoms with Gasteiger partial charge in [0.2, 0.25) is 0 Å². The Kier molecular flexibility index (Phi) is 7.56. The highest BCUT2D eigenvalue weighted by Crippen LogP contribution is 2.44. The average molecular weight is 541 g/mol. The highest BCUT2D eigenvalue weighted by Gasteiger charge is 2.44. The molecule has 2 heterocycles. The van der Waals surface area contributed by atoms with Crippen molar-refractivity contribution in [3.8, 4) is 5.75 Å². The first-order valence-electron chi connectivity index (χ1n) is 13.9. The first kappa shape index (κ1) is 26.4. The number of Topliss-reactive ketones (excluding diaryl/α,β-unsaturated/α-hetero) is 1. The fraction of sp³-hybridized carbons (Fsp3) is 0.171. The molecule has 1 aliphatic heterocycles. The molecule has 0 amide bonds. The number of hydrogen-bond donors (Lipinski definition) is 0. The number of carbonyl (C=O) groups excluding carboxylic acids is 1. The Bertz CT molecular complexity index is 1530. The predicted molar refractivity (Wildman–Crippen MR) is 160 cm³/mol. The topological polar surface area (TPSA) is 60.2 Å². The van der Waals surface area contributed by atoms with Gasteiger partial charge in [0, 0.05) is 25.1 Å². The van der Waals surface area contributed by atoms with Crippen LogP contribution in [-0.2, 0) is 16.9 Å². The quantitative estimate of drug-likeness (QED) is 0.179. The first-order chi connectivity index (χ1) is 20.2. The van der Waals surface area contributed by atoms with E-state index in [1.165, 1.54) is 0 Å². The van der Waals surface area contributed by atoms with E-state index >= 15 is 0 Å². The second kappa shape index (κ2) is 11.7. The molecule has 1 aliphatic rings. The van der Waals surface area contributed by atoms with E-state index in [2.05, 4.69) is 88.0 Å². The number of likely N-dealkylation sites (tertiary alicyclic amines) is 1. The molecule has 41 heavy (non-hydrogen) atoms. The smallest absolute Gasteiger partial charge is 0.161 e. The Morgan fingerprint density at radius 2 is 1.37 bits per heavy atom. The summed E-state index contributed by atoms with van der Waals surface area (Å²) in [6.07, 6.45) is 4.22. The number of hydrogen-bond acceptors (Lipinski definition) is 5. The summed E-state index contributed by atoms with van der Waals surface area (Å²) < 4.78 is 7.05. The summed E-state index contributed by atoms with van der Waals surface area (Å²) in [7, 11) is 1.66. The summed E-state index contributed by atoms with van der Waals surface area (Å²) >= 11 is 0. The molecule has 0 aliphatic carbocycles. The monoisotopic (exact) mass is 540 g/mol. The lowest BCUT2D eigenvalue weighted by atomic mass is 9.74. The van der Waals surface area contributed by atoms with Crippen molar-refractivity contribution in [2.45, 2.75) is 18.5 Å². The zero-order valence-electron chi connectivity index (χ0n) is 23.1. The normalized spacial score (nSPS) is 15.2. The van der Waals surface area contributed by atoms with Crippen LogP contribution < -0.4 is 4.74 Å². The van der Waals surface area contributed by atoms with Crippen LogP contribution >= 0.6 is 0 Å². The van der Waals surface area contributed by atoms with Gasteiger partial charge in [-0.05, 0) is 40.5 Å². The SMILES string of the molecule is COc1ccc(Cn2cc(/C=C3\CN(C(c4ccccc4)(c4ccccc4)c4ccccc4)CCC3=O)nn2)cc1. The van der Waals surface area contributed by atoms with Crippen molar-refractivity contribution in [3.63, 3.8) is 0 Å². The average Bonchev–Trinajstić information content (AvgIpc) is 3.47. The molecule has 0 bridgehead atoms. The molecule has 0 atom stereocenters. The van der Waals surface area contributed by atoms with Gasteiger partial charge in [-0.2, -0.15) is 0 Å². The predicted octanol–water partition coefficient (Wildman–Crippen LogP) is 5.99. The second-order valence-electron chi connectivity index (χ2n) is 10.3. The van der Waals surface area contributed by atoms with Crippen LogP contribution in [0.4, 0.5) is 0 Å². The van der Waals surface area contributed by atoms with Crippen LogP contribution in [0, 0.1) is 0 Å². The Hall–Kier alpha value is -4.81. The summed E-state index contributed by atoms with van der Waals surface area (Å²) in [5.41, 5.74) is 5.42. The molecular weight excluding hydrogens is 508 g/mol. The lowest BCUT2D eigenvalue weighted by Gasteiger charge is -2.47. The lowest BCUT2D eigenvalue weighted by molar-refractivity contribution is -0.117. The maximum atomic E-state index is 13.3. The summed E-state index contributed by atoms with van der Waals surface area (Å²) in [5.74, 6) is 0.963. The highest BCUT2D eigenvalue weighted by molar-refractivity contribution is 6.00. The molecule has 5 aromatic rings. The van der Waals surface area contributed by atoms with E-state index < -0.39 is 5.54 Å². The minimum atomic E-state index is -0.574. The van der Waals surface area contributed by atoms with E-state index in [1.54, 1.807) is 11.8 Å². The number of rotatable bonds is 8. The maximum Gasteiger partial charge on any atom is 0.161 e. The van der Waals surface area contributed by atoms with Crippen molar-refractivity contribution in [2.75, 3.05) is 20.2 Å². The van der Waals surface area contributed by atoms with E-state index in [4.69, 9.17) is 4.74 Å². The molecule has 6 nitrogen and oxygen atoms in total. The third-order valence-corrected chi connectivity index (χ3v) is 7.76. The van der Waals surface area contributed by atoms with Crippen LogP contribution in [0.1, 0.15) is 34.4 Å². The fourth-order valence-corrected chi connectivity index (χ4v) is 5.82. The lowest BCUT2D eigenvalue weighted by Crippen LogP contribution is -2.52. The second-order valence-corrected chi connectivity index (χ2v) is 10.3. The summed E-state index contributed by atoms with van der Waals surface area (Å²) in [5, 5.41) is 8.70. The first-order valence-corrected chi connectivity index (χ1v) is 13.9. The van der Waals surface area contributed by atoms with Gasteiger partial charge in [-0.15, -0.1) is 5.10 Å². The van der Waals surface area contributed by atoms with E-state index in [9.17, 15) is 4.79 Å². The van der Waals surface area contributed by atoms with Crippen molar-refractivity contribution in [1.82, 2.24) is 19.9 Å². The van der Waals surface area contributed by atoms with Crippen LogP contribution in [0.5, 0.6) is 5.75 Å². The molecule has 6 heteroatoms. The van der Waals surface area contributed by atoms with Crippen LogP contribution in [-0.4, -0.2) is 45.9 Å². The molecule has 4 aromatic carbocycles. The molecular formula is C35H32N4O2. The number of piperidine rings is 1. The van der Waals surface area contributed by atoms with E-state index in [-0.39, 0.29) is 5.78 Å². The van der Waals surface area contributed by atoms with Gasteiger partial charge < -0.3 is 4.74 Å². The number of carbonyl (C=O) groups is 1. The zero-order chi connectivity index (χ0) is 28.1. The molecule has 6 rings (SSSR count). The number of aromatic nitrogens is 3. The Morgan fingerprint density at radius 3 is 1.90 bits per heavy atom. The summed E-state index contributed by atoms with van der Waals surface area (Å²) in [6, 6.07) is 39.7. The van der Waals surface area contributed by atoms with Crippen LogP contribution in [0.25, 0.3) is 6.08 Å². The standard InChI is InChI=1S/C35H32N4O2/c1-41-33-19-17-27(18-20-33)24-39-26-32(36-37-39)23-28-25-38(22-21-34(28)40)35(29-11-5-2-6-12-29,30-13-7-3-8-14-30)31-15-9-4-10-16-31/h2-20,23,26H,21-22,24-25H2,1H3/b28-23+. The van der Waals surface area contributed by atoms with Gasteiger partial charge in [0.1, 0.15) is 11.4 Å². The van der Waals surface area contributed by atoms with Gasteiger partial charge in [0.15, 0.2) is 5.78 Å². The maximum absolute atomic E-state index is 13.3. The molecule has 0 saturated carbocycles. The van der Waals surface area contributed by atoms with Crippen molar-refractivity contribution >= 4 is 11.9 Å². The van der Waals surface area contributed by atoms with Gasteiger partial charge >= 0.3 is 0 Å². The number of nitrogens with zero attached hydrogens (tertiary/aromatic N) is 4. The zero-order valence-corrected chi connectivity index (χ0v) is 23.1. The third kappa shape index (κ3) is 5.34. The Morgan fingerprint density at radius 1 is 0.805 bits per heavy atom. The van der Waals surface area contributed by atoms with Gasteiger partial charge in [0.05, 0.1) is 25.4 Å². The minimum absolute atomic E-state index is 0.147. The number of ketones is 1. The molecule has 0 spiro atoms. The van der Waals surface area contributed by atoms with Crippen LogP contribution in [0.3, 0.4) is 0 Å². The number of benzene rings is 4. The molecule has 1 aromatic heterocycles. The minimum Gasteiger partial charge on any atom is -0.497 e. The number of ether oxygens (including phenoxy) is 1. The van der Waals surface area contributed by atoms with Crippen molar-refractivity contribution in [1.29, 1.82) is 0 Å². The third-order valence-electron chi connectivity index (χ3n) is 7.76. The van der Waals surface area contributed by atoms with Crippen molar-refractivity contribution in [3.05, 3.63) is 155 Å². The van der Waals surface area contributed by atoms with E-state index in [0.717, 1.165) is 33.6 Å². The van der Waals surface area contributed by atoms with E-state index in [0.29, 0.717) is 31.7 Å². The van der Waals surface area contributed by atoms with Crippen LogP contribution in [0.15, 0.2) is 127 Å². The summed E-state index contributed by atoms with van der Waals surface area (Å²) in [6.45, 7) is 1.71. The van der Waals surface area contributed by atoms with Crippen molar-refractivity contribution < 1.29 is 9.53 Å².